The first-order valence-electron chi connectivity index (χ1n) is 29.2. The van der Waals surface area contributed by atoms with Gasteiger partial charge in [-0.15, -0.1) is 0 Å². The van der Waals surface area contributed by atoms with Crippen molar-refractivity contribution < 1.29 is 4.42 Å². The highest BCUT2D eigenvalue weighted by atomic mass is 16.4. The second kappa shape index (κ2) is 51.8. The van der Waals surface area contributed by atoms with Crippen LogP contribution >= 0.6 is 0 Å². The molecule has 2 aliphatic heterocycles. The maximum absolute atomic E-state index is 5.80. The molecule has 0 amide bonds. The molecule has 0 radical (unpaired) electrons. The third-order valence-electron chi connectivity index (χ3n) is 9.55. The summed E-state index contributed by atoms with van der Waals surface area (Å²) in [5.41, 5.74) is 3.91. The largest absolute Gasteiger partial charge is 0.444 e. The Labute approximate surface area is 434 Å². The molecule has 3 aliphatic rings. The van der Waals surface area contributed by atoms with Crippen LogP contribution in [0.5, 0.6) is 0 Å². The smallest absolute Gasteiger partial charge is 0.197 e. The number of hydrogen-bond donors (Lipinski definition) is 1. The predicted octanol–water partition coefficient (Wildman–Crippen LogP) is 19.1. The third kappa shape index (κ3) is 37.0. The van der Waals surface area contributed by atoms with Crippen molar-refractivity contribution in [3.63, 3.8) is 0 Å². The standard InChI is InChI=1S/C13H22N2.C12H20N2O.C11H20N4.6C3H8.3C2H6/c1-8(2)10-5-6-11-12(7-10)15-13(14-11)9(3)4;1-8(2)12-13-10-5-6-14(9(3)4)7-11(10)15-12;1-8(2)11-12-10-7-14(9(3)4)5-6-15(10)13-11;6*1-3-2;3*1-2/h8-10H,5-7H2,1-4H3,(H,14,15);2*8-9H,5-7H2,1-4H3;6*3H2,1-2H3;3*1-2H3. The predicted molar refractivity (Wildman–Crippen MR) is 312 cm³/mol. The van der Waals surface area contributed by atoms with Crippen molar-refractivity contribution in [2.45, 2.75) is 321 Å². The van der Waals surface area contributed by atoms with Crippen LogP contribution in [0.2, 0.25) is 0 Å². The highest BCUT2D eigenvalue weighted by Crippen LogP contribution is 2.30. The maximum atomic E-state index is 5.80. The molecule has 3 aromatic heterocycles. The summed E-state index contributed by atoms with van der Waals surface area (Å²) in [4.78, 5) is 22.2. The minimum atomic E-state index is 0.392. The summed E-state index contributed by atoms with van der Waals surface area (Å²) in [6.07, 6.45) is 12.2. The Balaban J connectivity index is -0.000000176. The molecule has 1 atom stereocenters. The van der Waals surface area contributed by atoms with Crippen LogP contribution in [-0.2, 0) is 38.9 Å². The minimum Gasteiger partial charge on any atom is -0.444 e. The van der Waals surface area contributed by atoms with E-state index in [1.807, 2.05) is 41.5 Å². The van der Waals surface area contributed by atoms with E-state index < -0.39 is 0 Å². The van der Waals surface area contributed by atoms with Crippen molar-refractivity contribution in [3.05, 3.63) is 46.2 Å². The Morgan fingerprint density at radius 3 is 1.36 bits per heavy atom. The molecule has 1 N–H and O–H groups in total. The van der Waals surface area contributed by atoms with Gasteiger partial charge in [-0.3, -0.25) is 9.80 Å². The fraction of sp³-hybridized carbons (Fsp3) is 0.867. The number of aromatic amines is 1. The molecule has 1 unspecified atom stereocenters. The van der Waals surface area contributed by atoms with Crippen LogP contribution in [-0.4, -0.2) is 64.7 Å². The van der Waals surface area contributed by atoms with Gasteiger partial charge < -0.3 is 9.40 Å². The molecular weight excluding hydrogens is 849 g/mol. The molecule has 9 heteroatoms. The first kappa shape index (κ1) is 77.9. The van der Waals surface area contributed by atoms with E-state index in [4.69, 9.17) is 4.42 Å². The van der Waals surface area contributed by atoms with E-state index in [-0.39, 0.29) is 0 Å². The number of fused-ring (bicyclic) bond motifs is 3. The molecule has 69 heavy (non-hydrogen) atoms. The second-order valence-electron chi connectivity index (χ2n) is 19.4. The second-order valence-corrected chi connectivity index (χ2v) is 19.4. The van der Waals surface area contributed by atoms with Gasteiger partial charge in [0, 0.05) is 55.0 Å². The number of nitrogens with one attached hydrogen (secondary N) is 1. The summed E-state index contributed by atoms with van der Waals surface area (Å²) in [6, 6.07) is 1.18. The molecule has 9 nitrogen and oxygen atoms in total. The fourth-order valence-electron chi connectivity index (χ4n) is 6.15. The van der Waals surface area contributed by atoms with E-state index in [9.17, 15) is 0 Å². The third-order valence-corrected chi connectivity index (χ3v) is 9.55. The zero-order chi connectivity index (χ0) is 55.2. The van der Waals surface area contributed by atoms with E-state index in [1.165, 1.54) is 80.7 Å². The van der Waals surface area contributed by atoms with Crippen LogP contribution < -0.4 is 0 Å². The van der Waals surface area contributed by atoms with Gasteiger partial charge in [-0.2, -0.15) is 5.10 Å². The number of aromatic nitrogens is 6. The topological polar surface area (TPSA) is 91.9 Å². The van der Waals surface area contributed by atoms with E-state index in [2.05, 4.69) is 206 Å². The molecule has 0 saturated heterocycles. The van der Waals surface area contributed by atoms with Crippen molar-refractivity contribution in [2.75, 3.05) is 13.1 Å². The maximum Gasteiger partial charge on any atom is 0.197 e. The molecule has 0 bridgehead atoms. The van der Waals surface area contributed by atoms with Crippen molar-refractivity contribution in [1.82, 2.24) is 39.5 Å². The average Bonchev–Trinajstić information content (AvgIpc) is 4.07. The van der Waals surface area contributed by atoms with Crippen LogP contribution in [0, 0.1) is 11.8 Å². The molecule has 414 valence electrons. The van der Waals surface area contributed by atoms with E-state index in [0.29, 0.717) is 29.8 Å². The van der Waals surface area contributed by atoms with Crippen molar-refractivity contribution >= 4 is 0 Å². The Hall–Kier alpha value is -2.52. The van der Waals surface area contributed by atoms with Crippen LogP contribution in [0.3, 0.4) is 0 Å². The average molecular weight is 978 g/mol. The van der Waals surface area contributed by atoms with Gasteiger partial charge in [0.1, 0.15) is 17.4 Å². The van der Waals surface area contributed by atoms with E-state index >= 15 is 0 Å². The highest BCUT2D eigenvalue weighted by Gasteiger charge is 2.26. The number of hydrogen-bond acceptors (Lipinski definition) is 7. The summed E-state index contributed by atoms with van der Waals surface area (Å²) in [5.74, 6) is 8.23. The molecule has 0 aromatic carbocycles. The van der Waals surface area contributed by atoms with Gasteiger partial charge in [0.05, 0.1) is 31.0 Å². The Morgan fingerprint density at radius 2 is 0.971 bits per heavy atom. The monoisotopic (exact) mass is 977 g/mol. The van der Waals surface area contributed by atoms with Gasteiger partial charge in [0.25, 0.3) is 0 Å². The lowest BCUT2D eigenvalue weighted by Gasteiger charge is -2.29. The molecule has 0 spiro atoms. The van der Waals surface area contributed by atoms with Crippen LogP contribution in [0.1, 0.15) is 317 Å². The summed E-state index contributed by atoms with van der Waals surface area (Å²) in [7, 11) is 0. The van der Waals surface area contributed by atoms with Gasteiger partial charge in [0.2, 0.25) is 0 Å². The fourth-order valence-corrected chi connectivity index (χ4v) is 6.15. The first-order valence-corrected chi connectivity index (χ1v) is 29.2. The molecular formula is C60H128N8O. The Bertz CT molecular complexity index is 1270. The van der Waals surface area contributed by atoms with Gasteiger partial charge >= 0.3 is 0 Å². The number of rotatable bonds is 6. The van der Waals surface area contributed by atoms with Crippen LogP contribution in [0.15, 0.2) is 4.42 Å². The Morgan fingerprint density at radius 1 is 0.522 bits per heavy atom. The highest BCUT2D eigenvalue weighted by molar-refractivity contribution is 5.20. The lowest BCUT2D eigenvalue weighted by atomic mass is 9.82. The van der Waals surface area contributed by atoms with E-state index in [1.54, 1.807) is 0 Å². The summed E-state index contributed by atoms with van der Waals surface area (Å²) < 4.78 is 7.86. The minimum absolute atomic E-state index is 0.392. The molecule has 0 saturated carbocycles. The lowest BCUT2D eigenvalue weighted by molar-refractivity contribution is 0.167. The van der Waals surface area contributed by atoms with Crippen molar-refractivity contribution in [3.8, 4) is 0 Å². The quantitative estimate of drug-likeness (QED) is 0.263. The molecule has 6 rings (SSSR count). The zero-order valence-corrected chi connectivity index (χ0v) is 52.7. The molecule has 5 heterocycles. The van der Waals surface area contributed by atoms with Gasteiger partial charge in [-0.25, -0.2) is 19.6 Å². The SMILES string of the molecule is CC.CC.CC.CC(C)c1nc2c([nH]1)CC(C(C)C)CC2.CC(C)c1nc2c(o1)CN(C(C)C)CC2.CC(C)c1nc2n(n1)CCN(C(C)C)C2.CCC.CCC.CCC.CCC.CCC.CCC. The number of nitrogens with zero attached hydrogens (tertiary/aromatic N) is 7. The lowest BCUT2D eigenvalue weighted by Crippen LogP contribution is -2.38. The number of oxazole rings is 1. The first-order chi connectivity index (χ1) is 32.7. The van der Waals surface area contributed by atoms with Gasteiger partial charge in [0.15, 0.2) is 11.7 Å². The summed E-state index contributed by atoms with van der Waals surface area (Å²) in [5, 5.41) is 4.52. The van der Waals surface area contributed by atoms with Crippen molar-refractivity contribution in [2.24, 2.45) is 11.8 Å². The molecule has 3 aromatic rings. The molecule has 1 aliphatic carbocycles. The number of H-pyrrole nitrogens is 1. The summed E-state index contributed by atoms with van der Waals surface area (Å²) >= 11 is 0. The normalized spacial score (nSPS) is 14.0. The number of aryl methyl sites for hydroxylation is 1. The van der Waals surface area contributed by atoms with Crippen molar-refractivity contribution in [1.29, 1.82) is 0 Å². The van der Waals surface area contributed by atoms with Crippen LogP contribution in [0.25, 0.3) is 0 Å². The van der Waals surface area contributed by atoms with Gasteiger partial charge in [-0.1, -0.05) is 219 Å². The Kier molecular flexibility index (Phi) is 58.5. The van der Waals surface area contributed by atoms with E-state index in [0.717, 1.165) is 74.3 Å². The van der Waals surface area contributed by atoms with Crippen LogP contribution in [0.4, 0.5) is 0 Å². The summed E-state index contributed by atoms with van der Waals surface area (Å²) in [6.45, 7) is 69.0. The molecule has 0 fully saturated rings. The number of imidazole rings is 1. The van der Waals surface area contributed by atoms with Gasteiger partial charge in [-0.05, 0) is 58.8 Å². The zero-order valence-electron chi connectivity index (χ0n) is 52.7.